The molecule has 0 aromatic heterocycles. The molecule has 3 nitrogen and oxygen atoms in total. The molecule has 0 aliphatic heterocycles. The fraction of sp³-hybridized carbons (Fsp3) is 0.462. The Morgan fingerprint density at radius 3 is 2.50 bits per heavy atom. The number of ether oxygens (including phenoxy) is 1. The van der Waals surface area contributed by atoms with Gasteiger partial charge in [0.1, 0.15) is 0 Å². The van der Waals surface area contributed by atoms with Gasteiger partial charge in [0.25, 0.3) is 0 Å². The summed E-state index contributed by atoms with van der Waals surface area (Å²) in [5, 5.41) is 10.8. The lowest BCUT2D eigenvalue weighted by Gasteiger charge is -2.24. The highest BCUT2D eigenvalue weighted by molar-refractivity contribution is 9.10. The van der Waals surface area contributed by atoms with E-state index in [1.807, 2.05) is 13.8 Å². The van der Waals surface area contributed by atoms with Crippen molar-refractivity contribution in [1.82, 2.24) is 0 Å². The van der Waals surface area contributed by atoms with E-state index in [1.165, 1.54) is 7.11 Å². The molecule has 0 saturated heterocycles. The molecule has 2 unspecified atom stereocenters. The zero-order valence-corrected chi connectivity index (χ0v) is 12.8. The number of carbonyl (C=O) groups is 1. The van der Waals surface area contributed by atoms with Crippen molar-refractivity contribution in [3.63, 3.8) is 0 Å². The third kappa shape index (κ3) is 3.46. The lowest BCUT2D eigenvalue weighted by molar-refractivity contribution is -0.152. The predicted molar refractivity (Wildman–Crippen MR) is 74.5 cm³/mol. The predicted octanol–water partition coefficient (Wildman–Crippen LogP) is 3.58. The van der Waals surface area contributed by atoms with Crippen LogP contribution in [0.15, 0.2) is 22.7 Å². The zero-order valence-electron chi connectivity index (χ0n) is 10.5. The van der Waals surface area contributed by atoms with Crippen LogP contribution in [0.25, 0.3) is 0 Å². The molecular weight excluding hydrogens is 319 g/mol. The minimum Gasteiger partial charge on any atom is -0.469 e. The SMILES string of the molecule is COC(=O)C(C(C)C)C(O)c1ccc(Br)c(Cl)c1. The Labute approximate surface area is 120 Å². The van der Waals surface area contributed by atoms with Gasteiger partial charge in [-0.3, -0.25) is 4.79 Å². The summed E-state index contributed by atoms with van der Waals surface area (Å²) in [5.74, 6) is -1.06. The molecule has 1 N–H and O–H groups in total. The molecule has 0 heterocycles. The van der Waals surface area contributed by atoms with Gasteiger partial charge in [-0.15, -0.1) is 0 Å². The second kappa shape index (κ2) is 6.55. The van der Waals surface area contributed by atoms with Crippen molar-refractivity contribution in [3.8, 4) is 0 Å². The van der Waals surface area contributed by atoms with E-state index in [1.54, 1.807) is 18.2 Å². The Kier molecular flexibility index (Phi) is 5.63. The van der Waals surface area contributed by atoms with E-state index in [-0.39, 0.29) is 5.92 Å². The number of rotatable bonds is 4. The van der Waals surface area contributed by atoms with E-state index in [2.05, 4.69) is 15.9 Å². The number of halogens is 2. The first-order valence-electron chi connectivity index (χ1n) is 5.59. The molecule has 0 aliphatic carbocycles. The van der Waals surface area contributed by atoms with E-state index >= 15 is 0 Å². The Hall–Kier alpha value is -0.580. The van der Waals surface area contributed by atoms with E-state index < -0.39 is 18.0 Å². The average molecular weight is 336 g/mol. The summed E-state index contributed by atoms with van der Waals surface area (Å²) in [6.07, 6.45) is -0.928. The normalized spacial score (nSPS) is 14.4. The summed E-state index contributed by atoms with van der Waals surface area (Å²) in [6, 6.07) is 5.13. The topological polar surface area (TPSA) is 46.5 Å². The molecule has 1 aromatic carbocycles. The van der Waals surface area contributed by atoms with Crippen molar-refractivity contribution in [2.45, 2.75) is 20.0 Å². The van der Waals surface area contributed by atoms with Crippen LogP contribution in [0.3, 0.4) is 0 Å². The molecule has 5 heteroatoms. The van der Waals surface area contributed by atoms with Crippen molar-refractivity contribution < 1.29 is 14.6 Å². The van der Waals surface area contributed by atoms with Gasteiger partial charge >= 0.3 is 5.97 Å². The highest BCUT2D eigenvalue weighted by Gasteiger charge is 2.32. The van der Waals surface area contributed by atoms with Crippen LogP contribution in [0.2, 0.25) is 5.02 Å². The quantitative estimate of drug-likeness (QED) is 0.856. The van der Waals surface area contributed by atoms with Gasteiger partial charge < -0.3 is 9.84 Å². The van der Waals surface area contributed by atoms with Crippen molar-refractivity contribution in [3.05, 3.63) is 33.3 Å². The smallest absolute Gasteiger partial charge is 0.311 e. The fourth-order valence-electron chi connectivity index (χ4n) is 1.81. The second-order valence-electron chi connectivity index (χ2n) is 4.41. The number of methoxy groups -OCH3 is 1. The van der Waals surface area contributed by atoms with E-state index in [4.69, 9.17) is 16.3 Å². The van der Waals surface area contributed by atoms with Crippen molar-refractivity contribution in [2.24, 2.45) is 11.8 Å². The Balaban J connectivity index is 3.05. The molecule has 0 saturated carbocycles. The number of aliphatic hydroxyl groups is 1. The molecule has 0 bridgehead atoms. The van der Waals surface area contributed by atoms with Gasteiger partial charge in [-0.05, 0) is 39.5 Å². The highest BCUT2D eigenvalue weighted by Crippen LogP contribution is 2.32. The summed E-state index contributed by atoms with van der Waals surface area (Å²) in [5.41, 5.74) is 0.604. The lowest BCUT2D eigenvalue weighted by Crippen LogP contribution is -2.28. The minimum atomic E-state index is -0.928. The first-order valence-corrected chi connectivity index (χ1v) is 6.76. The number of hydrogen-bond acceptors (Lipinski definition) is 3. The first-order chi connectivity index (χ1) is 8.38. The molecule has 0 spiro atoms. The van der Waals surface area contributed by atoms with Gasteiger partial charge in [-0.1, -0.05) is 31.5 Å². The van der Waals surface area contributed by atoms with Gasteiger partial charge in [0.05, 0.1) is 24.2 Å². The maximum Gasteiger partial charge on any atom is 0.311 e. The van der Waals surface area contributed by atoms with Crippen LogP contribution in [-0.2, 0) is 9.53 Å². The van der Waals surface area contributed by atoms with Crippen LogP contribution in [0.5, 0.6) is 0 Å². The van der Waals surface area contributed by atoms with Gasteiger partial charge in [-0.2, -0.15) is 0 Å². The summed E-state index contributed by atoms with van der Waals surface area (Å²) in [6.45, 7) is 3.73. The number of hydrogen-bond donors (Lipinski definition) is 1. The molecule has 1 rings (SSSR count). The van der Waals surface area contributed by atoms with Crippen LogP contribution < -0.4 is 0 Å². The summed E-state index contributed by atoms with van der Waals surface area (Å²) in [7, 11) is 1.32. The standard InChI is InChI=1S/C13H16BrClO3/c1-7(2)11(13(17)18-3)12(16)8-4-5-9(14)10(15)6-8/h4-7,11-12,16H,1-3H3. The Bertz CT molecular complexity index is 434. The average Bonchev–Trinajstić information content (AvgIpc) is 2.32. The molecule has 0 amide bonds. The summed E-state index contributed by atoms with van der Waals surface area (Å²) < 4.78 is 5.48. The second-order valence-corrected chi connectivity index (χ2v) is 5.67. The largest absolute Gasteiger partial charge is 0.469 e. The molecule has 0 aliphatic rings. The van der Waals surface area contributed by atoms with Gasteiger partial charge in [-0.25, -0.2) is 0 Å². The number of aliphatic hydroxyl groups excluding tert-OH is 1. The molecule has 0 radical (unpaired) electrons. The number of esters is 1. The third-order valence-electron chi connectivity index (χ3n) is 2.82. The van der Waals surface area contributed by atoms with Gasteiger partial charge in [0, 0.05) is 4.47 Å². The van der Waals surface area contributed by atoms with Gasteiger partial charge in [0.2, 0.25) is 0 Å². The van der Waals surface area contributed by atoms with E-state index in [9.17, 15) is 9.90 Å². The molecule has 1 aromatic rings. The molecule has 100 valence electrons. The number of carbonyl (C=O) groups excluding carboxylic acids is 1. The van der Waals surface area contributed by atoms with Crippen LogP contribution in [0.1, 0.15) is 25.5 Å². The zero-order chi connectivity index (χ0) is 13.9. The highest BCUT2D eigenvalue weighted by atomic mass is 79.9. The van der Waals surface area contributed by atoms with Crippen molar-refractivity contribution >= 4 is 33.5 Å². The lowest BCUT2D eigenvalue weighted by atomic mass is 9.86. The third-order valence-corrected chi connectivity index (χ3v) is 4.05. The minimum absolute atomic E-state index is 0.0325. The Morgan fingerprint density at radius 2 is 2.06 bits per heavy atom. The van der Waals surface area contributed by atoms with Crippen molar-refractivity contribution in [2.75, 3.05) is 7.11 Å². The van der Waals surface area contributed by atoms with E-state index in [0.717, 1.165) is 4.47 Å². The molecule has 2 atom stereocenters. The summed E-state index contributed by atoms with van der Waals surface area (Å²) in [4.78, 5) is 11.7. The van der Waals surface area contributed by atoms with Crippen LogP contribution in [-0.4, -0.2) is 18.2 Å². The Morgan fingerprint density at radius 1 is 1.44 bits per heavy atom. The van der Waals surface area contributed by atoms with Crippen LogP contribution in [0, 0.1) is 11.8 Å². The van der Waals surface area contributed by atoms with Gasteiger partial charge in [0.15, 0.2) is 0 Å². The van der Waals surface area contributed by atoms with Crippen LogP contribution in [0.4, 0.5) is 0 Å². The summed E-state index contributed by atoms with van der Waals surface area (Å²) >= 11 is 9.26. The first kappa shape index (κ1) is 15.5. The van der Waals surface area contributed by atoms with Crippen molar-refractivity contribution in [1.29, 1.82) is 0 Å². The molecule has 18 heavy (non-hydrogen) atoms. The maximum atomic E-state index is 11.7. The fourth-order valence-corrected chi connectivity index (χ4v) is 2.24. The molecular formula is C13H16BrClO3. The van der Waals surface area contributed by atoms with Crippen LogP contribution >= 0.6 is 27.5 Å². The monoisotopic (exact) mass is 334 g/mol. The number of benzene rings is 1. The van der Waals surface area contributed by atoms with E-state index in [0.29, 0.717) is 10.6 Å². The molecule has 0 fully saturated rings. The maximum absolute atomic E-state index is 11.7.